The van der Waals surface area contributed by atoms with E-state index in [0.717, 1.165) is 24.3 Å². The van der Waals surface area contributed by atoms with E-state index < -0.39 is 51.2 Å². The number of phenolic OH excluding ortho intramolecular Hbond substituents is 1. The maximum Gasteiger partial charge on any atom is 0.296 e. The van der Waals surface area contributed by atoms with Crippen LogP contribution < -0.4 is 10.6 Å². The van der Waals surface area contributed by atoms with Crippen LogP contribution in [0.4, 0.5) is 45.5 Å². The van der Waals surface area contributed by atoms with Crippen LogP contribution in [0.5, 0.6) is 5.75 Å². The number of benzene rings is 4. The topological polar surface area (TPSA) is 264 Å². The van der Waals surface area contributed by atoms with Gasteiger partial charge in [-0.2, -0.15) is 21.9 Å². The summed E-state index contributed by atoms with van der Waals surface area (Å²) < 4.78 is 66.0. The summed E-state index contributed by atoms with van der Waals surface area (Å²) >= 11 is 0. The molecule has 0 heterocycles. The van der Waals surface area contributed by atoms with Gasteiger partial charge in [0.05, 0.1) is 26.9 Å². The molecule has 0 aliphatic heterocycles. The van der Waals surface area contributed by atoms with E-state index >= 15 is 0 Å². The molecule has 4 aromatic carbocycles. The van der Waals surface area contributed by atoms with E-state index in [1.807, 2.05) is 0 Å². The molecule has 0 radical (unpaired) electrons. The lowest BCUT2D eigenvalue weighted by Gasteiger charge is -2.11. The van der Waals surface area contributed by atoms with Gasteiger partial charge in [-0.15, -0.1) is 5.11 Å². The van der Waals surface area contributed by atoms with Crippen LogP contribution in [-0.4, -0.2) is 40.9 Å². The number of nitro groups is 2. The highest BCUT2D eigenvalue weighted by Gasteiger charge is 2.22. The van der Waals surface area contributed by atoms with Crippen molar-refractivity contribution in [2.45, 2.75) is 9.79 Å². The molecule has 5 N–H and O–H groups in total. The van der Waals surface area contributed by atoms with Gasteiger partial charge in [0.2, 0.25) is 0 Å². The number of hydrogen-bond acceptors (Lipinski definition) is 13. The molecule has 222 valence electrons. The van der Waals surface area contributed by atoms with Gasteiger partial charge in [-0.1, -0.05) is 0 Å². The number of hydrogen-bond donors (Lipinski definition) is 5. The summed E-state index contributed by atoms with van der Waals surface area (Å²) in [5, 5.41) is 45.5. The first kappa shape index (κ1) is 30.5. The standard InChI is InChI=1S/C24H18N6O11S2/c31-22-10-5-16(26-20-9-7-18(30(34)35)13-24(20)43(39,40)41)11-21(22)28-27-15-3-1-14(2-4-15)25-19-8-6-17(29(32)33)12-23(19)42(36,37)38/h1-13,25-26,31H,(H,36,37,38)(H,39,40,41). The molecule has 43 heavy (non-hydrogen) atoms. The highest BCUT2D eigenvalue weighted by Crippen LogP contribution is 2.35. The van der Waals surface area contributed by atoms with Crippen molar-refractivity contribution in [3.05, 3.63) is 99.1 Å². The summed E-state index contributed by atoms with van der Waals surface area (Å²) in [7, 11) is -9.64. The Morgan fingerprint density at radius 3 is 1.56 bits per heavy atom. The molecule has 0 saturated heterocycles. The van der Waals surface area contributed by atoms with Crippen LogP contribution in [0.15, 0.2) is 98.9 Å². The third-order valence-electron chi connectivity index (χ3n) is 5.58. The van der Waals surface area contributed by atoms with E-state index in [2.05, 4.69) is 20.9 Å². The van der Waals surface area contributed by atoms with Crippen molar-refractivity contribution in [3.8, 4) is 5.75 Å². The molecule has 0 aliphatic carbocycles. The van der Waals surface area contributed by atoms with Crippen LogP contribution in [0.3, 0.4) is 0 Å². The van der Waals surface area contributed by atoms with Crippen LogP contribution in [-0.2, 0) is 20.2 Å². The van der Waals surface area contributed by atoms with Crippen LogP contribution in [0, 0.1) is 20.2 Å². The highest BCUT2D eigenvalue weighted by molar-refractivity contribution is 7.86. The van der Waals surface area contributed by atoms with E-state index in [1.165, 1.54) is 42.5 Å². The van der Waals surface area contributed by atoms with Crippen molar-refractivity contribution in [1.82, 2.24) is 0 Å². The van der Waals surface area contributed by atoms with Crippen LogP contribution in [0.25, 0.3) is 0 Å². The monoisotopic (exact) mass is 630 g/mol. The molecular formula is C24H18N6O11S2. The third-order valence-corrected chi connectivity index (χ3v) is 7.37. The largest absolute Gasteiger partial charge is 0.506 e. The number of nitro benzene ring substituents is 2. The molecule has 0 amide bonds. The van der Waals surface area contributed by atoms with Gasteiger partial charge in [0.1, 0.15) is 21.2 Å². The Hall–Kier alpha value is -5.50. The minimum Gasteiger partial charge on any atom is -0.506 e. The van der Waals surface area contributed by atoms with E-state index in [-0.39, 0.29) is 34.2 Å². The molecule has 4 rings (SSSR count). The summed E-state index contributed by atoms with van der Waals surface area (Å²) in [5.41, 5.74) is -0.699. The Morgan fingerprint density at radius 2 is 1.09 bits per heavy atom. The predicted molar refractivity (Wildman–Crippen MR) is 151 cm³/mol. The first-order chi connectivity index (χ1) is 20.1. The van der Waals surface area contributed by atoms with Gasteiger partial charge in [0.25, 0.3) is 31.6 Å². The number of nitrogens with one attached hydrogen (secondary N) is 2. The van der Waals surface area contributed by atoms with Gasteiger partial charge >= 0.3 is 0 Å². The molecular weight excluding hydrogens is 612 g/mol. The van der Waals surface area contributed by atoms with Gasteiger partial charge in [-0.05, 0) is 54.6 Å². The molecule has 0 fully saturated rings. The second kappa shape index (κ2) is 11.8. The maximum atomic E-state index is 11.8. The van der Waals surface area contributed by atoms with Gasteiger partial charge in [-0.3, -0.25) is 29.3 Å². The van der Waals surface area contributed by atoms with Crippen LogP contribution in [0.2, 0.25) is 0 Å². The minimum atomic E-state index is -4.85. The molecule has 0 aliphatic rings. The van der Waals surface area contributed by atoms with E-state index in [0.29, 0.717) is 17.8 Å². The fraction of sp³-hybridized carbons (Fsp3) is 0. The fourth-order valence-electron chi connectivity index (χ4n) is 3.60. The minimum absolute atomic E-state index is 0.0637. The second-order valence-corrected chi connectivity index (χ2v) is 11.3. The summed E-state index contributed by atoms with van der Waals surface area (Å²) in [4.78, 5) is 18.9. The normalized spacial score (nSPS) is 11.8. The molecule has 0 atom stereocenters. The maximum absolute atomic E-state index is 11.8. The smallest absolute Gasteiger partial charge is 0.296 e. The number of azo groups is 1. The first-order valence-corrected chi connectivity index (χ1v) is 14.4. The molecule has 0 saturated carbocycles. The van der Waals surface area contributed by atoms with E-state index in [4.69, 9.17) is 0 Å². The molecule has 19 heteroatoms. The Morgan fingerprint density at radius 1 is 0.628 bits per heavy atom. The highest BCUT2D eigenvalue weighted by atomic mass is 32.2. The van der Waals surface area contributed by atoms with Gasteiger partial charge < -0.3 is 15.7 Å². The Labute approximate surface area is 242 Å². The average Bonchev–Trinajstić information content (AvgIpc) is 2.93. The van der Waals surface area contributed by atoms with Crippen molar-refractivity contribution in [2.24, 2.45) is 10.2 Å². The van der Waals surface area contributed by atoms with Crippen LogP contribution >= 0.6 is 0 Å². The van der Waals surface area contributed by atoms with Crippen molar-refractivity contribution < 1.29 is 40.9 Å². The quantitative estimate of drug-likeness (QED) is 0.0470. The Balaban J connectivity index is 1.55. The molecule has 0 aromatic heterocycles. The van der Waals surface area contributed by atoms with Crippen molar-refractivity contribution >= 4 is 65.7 Å². The van der Waals surface area contributed by atoms with E-state index in [1.54, 1.807) is 0 Å². The summed E-state index contributed by atoms with van der Waals surface area (Å²) in [5.74, 6) is -0.304. The zero-order valence-corrected chi connectivity index (χ0v) is 22.9. The van der Waals surface area contributed by atoms with Gasteiger partial charge in [-0.25, -0.2) is 0 Å². The van der Waals surface area contributed by atoms with Gasteiger partial charge in [0.15, 0.2) is 0 Å². The average molecular weight is 631 g/mol. The van der Waals surface area contributed by atoms with Crippen molar-refractivity contribution in [2.75, 3.05) is 10.6 Å². The van der Waals surface area contributed by atoms with Gasteiger partial charge in [0, 0.05) is 35.6 Å². The third kappa shape index (κ3) is 7.42. The zero-order chi connectivity index (χ0) is 31.5. The molecule has 17 nitrogen and oxygen atoms in total. The number of non-ortho nitro benzene ring substituents is 2. The Kier molecular flexibility index (Phi) is 8.34. The number of anilines is 4. The van der Waals surface area contributed by atoms with Crippen molar-refractivity contribution in [1.29, 1.82) is 0 Å². The zero-order valence-electron chi connectivity index (χ0n) is 21.2. The lowest BCUT2D eigenvalue weighted by molar-refractivity contribution is -0.385. The molecule has 4 aromatic rings. The fourth-order valence-corrected chi connectivity index (χ4v) is 4.93. The lowest BCUT2D eigenvalue weighted by Crippen LogP contribution is -2.04. The summed E-state index contributed by atoms with van der Waals surface area (Å²) in [6.07, 6.45) is 0. The Bertz CT molecular complexity index is 2000. The predicted octanol–water partition coefficient (Wildman–Crippen LogP) is 5.60. The first-order valence-electron chi connectivity index (χ1n) is 11.5. The number of phenols is 1. The number of aromatic hydroxyl groups is 1. The number of rotatable bonds is 10. The lowest BCUT2D eigenvalue weighted by atomic mass is 10.2. The SMILES string of the molecule is O=[N+]([O-])c1ccc(Nc2ccc(N=Nc3cc(Nc4ccc([N+](=O)[O-])cc4S(=O)(=O)O)ccc3O)cc2)c(S(=O)(=O)O)c1. The number of nitrogens with zero attached hydrogens (tertiary/aromatic N) is 4. The van der Waals surface area contributed by atoms with Crippen molar-refractivity contribution in [3.63, 3.8) is 0 Å². The molecule has 0 bridgehead atoms. The molecule has 0 unspecified atom stereocenters. The summed E-state index contributed by atoms with van der Waals surface area (Å²) in [6.45, 7) is 0. The summed E-state index contributed by atoms with van der Waals surface area (Å²) in [6, 6.07) is 15.4. The van der Waals surface area contributed by atoms with Crippen LogP contribution in [0.1, 0.15) is 0 Å². The van der Waals surface area contributed by atoms with E-state index in [9.17, 15) is 51.3 Å². The molecule has 0 spiro atoms. The second-order valence-electron chi connectivity index (χ2n) is 8.53.